The first-order valence-corrected chi connectivity index (χ1v) is 8.75. The lowest BCUT2D eigenvalue weighted by Crippen LogP contribution is -2.38. The van der Waals surface area contributed by atoms with E-state index in [0.717, 1.165) is 31.4 Å². The van der Waals surface area contributed by atoms with Crippen molar-refractivity contribution in [2.45, 2.75) is 37.1 Å². The average Bonchev–Trinajstić information content (AvgIpc) is 2.94. The molecule has 1 unspecified atom stereocenters. The topological polar surface area (TPSA) is 49.4 Å². The number of nitrogens with zero attached hydrogens (tertiary/aromatic N) is 1. The van der Waals surface area contributed by atoms with Crippen molar-refractivity contribution >= 4 is 21.6 Å². The third-order valence-corrected chi connectivity index (χ3v) is 6.13. The molecule has 2 rings (SSSR count). The maximum Gasteiger partial charge on any atom is 0.244 e. The third kappa shape index (κ3) is 3.17. The largest absolute Gasteiger partial charge is 0.315 e. The molecule has 0 saturated carbocycles. The van der Waals surface area contributed by atoms with E-state index < -0.39 is 10.0 Å². The van der Waals surface area contributed by atoms with Crippen molar-refractivity contribution in [3.8, 4) is 0 Å². The van der Waals surface area contributed by atoms with Gasteiger partial charge in [-0.25, -0.2) is 8.42 Å². The summed E-state index contributed by atoms with van der Waals surface area (Å²) in [6.07, 6.45) is 2.67. The van der Waals surface area contributed by atoms with Crippen LogP contribution in [-0.2, 0) is 16.4 Å². The first kappa shape index (κ1) is 15.8. The molecule has 1 heterocycles. The van der Waals surface area contributed by atoms with Crippen LogP contribution in [0.1, 0.15) is 25.3 Å². The number of likely N-dealkylation sites (N-methyl/N-ethyl adjacent to an activating group) is 1. The van der Waals surface area contributed by atoms with E-state index >= 15 is 0 Å². The van der Waals surface area contributed by atoms with Crippen LogP contribution in [0.4, 0.5) is 0 Å². The van der Waals surface area contributed by atoms with Crippen LogP contribution in [0.15, 0.2) is 23.1 Å². The van der Waals surface area contributed by atoms with Gasteiger partial charge in [-0.1, -0.05) is 31.0 Å². The molecule has 1 aromatic carbocycles. The molecule has 0 spiro atoms. The highest BCUT2D eigenvalue weighted by Crippen LogP contribution is 2.27. The van der Waals surface area contributed by atoms with Crippen LogP contribution in [0.25, 0.3) is 0 Å². The summed E-state index contributed by atoms with van der Waals surface area (Å²) in [6, 6.07) is 5.29. The molecule has 112 valence electrons. The molecule has 0 aliphatic carbocycles. The highest BCUT2D eigenvalue weighted by molar-refractivity contribution is 7.89. The summed E-state index contributed by atoms with van der Waals surface area (Å²) in [5, 5.41) is 3.48. The van der Waals surface area contributed by atoms with E-state index in [1.165, 1.54) is 4.31 Å². The zero-order valence-electron chi connectivity index (χ0n) is 11.9. The van der Waals surface area contributed by atoms with Crippen molar-refractivity contribution in [2.24, 2.45) is 0 Å². The molecule has 1 atom stereocenters. The second kappa shape index (κ2) is 6.43. The minimum atomic E-state index is -3.53. The second-order valence-electron chi connectivity index (χ2n) is 5.18. The van der Waals surface area contributed by atoms with Crippen LogP contribution in [0.2, 0.25) is 5.02 Å². The van der Waals surface area contributed by atoms with E-state index in [1.54, 1.807) is 19.2 Å². The Balaban J connectivity index is 2.34. The summed E-state index contributed by atoms with van der Waals surface area (Å²) in [4.78, 5) is 0.222. The van der Waals surface area contributed by atoms with Crippen molar-refractivity contribution in [2.75, 3.05) is 20.1 Å². The first-order chi connectivity index (χ1) is 9.46. The SMILES string of the molecule is CCCc1ccc(Cl)c(S(=O)(=O)N(C)C2CCNC2)c1. The molecule has 1 saturated heterocycles. The predicted octanol–water partition coefficient (Wildman–Crippen LogP) is 2.27. The van der Waals surface area contributed by atoms with Crippen LogP contribution in [0.3, 0.4) is 0 Å². The molecule has 20 heavy (non-hydrogen) atoms. The Kier molecular flexibility index (Phi) is 5.07. The van der Waals surface area contributed by atoms with E-state index in [1.807, 2.05) is 6.07 Å². The van der Waals surface area contributed by atoms with Gasteiger partial charge in [-0.15, -0.1) is 0 Å². The lowest BCUT2D eigenvalue weighted by Gasteiger charge is -2.24. The zero-order valence-corrected chi connectivity index (χ0v) is 13.5. The molecule has 4 nitrogen and oxygen atoms in total. The molecular formula is C14H21ClN2O2S. The van der Waals surface area contributed by atoms with Crippen molar-refractivity contribution in [1.82, 2.24) is 9.62 Å². The van der Waals surface area contributed by atoms with Crippen LogP contribution in [0, 0.1) is 0 Å². The molecule has 6 heteroatoms. The highest BCUT2D eigenvalue weighted by Gasteiger charge is 2.31. The van der Waals surface area contributed by atoms with Crippen LogP contribution >= 0.6 is 11.6 Å². The van der Waals surface area contributed by atoms with E-state index in [4.69, 9.17) is 11.6 Å². The van der Waals surface area contributed by atoms with Gasteiger partial charge in [0.05, 0.1) is 5.02 Å². The quantitative estimate of drug-likeness (QED) is 0.906. The standard InChI is InChI=1S/C14H21ClN2O2S/c1-3-4-11-5-6-13(15)14(9-11)20(18,19)17(2)12-7-8-16-10-12/h5-6,9,12,16H,3-4,7-8,10H2,1-2H3. The summed E-state index contributed by atoms with van der Waals surface area (Å²) < 4.78 is 26.9. The third-order valence-electron chi connectivity index (χ3n) is 3.74. The Bertz CT molecular complexity index is 569. The molecular weight excluding hydrogens is 296 g/mol. The zero-order chi connectivity index (χ0) is 14.8. The average molecular weight is 317 g/mol. The van der Waals surface area contributed by atoms with Crippen molar-refractivity contribution in [1.29, 1.82) is 0 Å². The summed E-state index contributed by atoms with van der Waals surface area (Å²) in [5.41, 5.74) is 1.01. The van der Waals surface area contributed by atoms with Gasteiger partial charge in [0.1, 0.15) is 4.90 Å². The second-order valence-corrected chi connectivity index (χ2v) is 7.56. The van der Waals surface area contributed by atoms with Gasteiger partial charge in [-0.3, -0.25) is 0 Å². The number of hydrogen-bond donors (Lipinski definition) is 1. The summed E-state index contributed by atoms with van der Waals surface area (Å²) in [7, 11) is -1.90. The molecule has 0 radical (unpaired) electrons. The van der Waals surface area contributed by atoms with E-state index in [2.05, 4.69) is 12.2 Å². The Hall–Kier alpha value is -0.620. The Labute approximate surface area is 126 Å². The van der Waals surface area contributed by atoms with E-state index in [-0.39, 0.29) is 10.9 Å². The van der Waals surface area contributed by atoms with Crippen LogP contribution in [0.5, 0.6) is 0 Å². The summed E-state index contributed by atoms with van der Waals surface area (Å²) >= 11 is 6.11. The minimum Gasteiger partial charge on any atom is -0.315 e. The van der Waals surface area contributed by atoms with Gasteiger partial charge >= 0.3 is 0 Å². The number of hydrogen-bond acceptors (Lipinski definition) is 3. The molecule has 0 bridgehead atoms. The monoisotopic (exact) mass is 316 g/mol. The Morgan fingerprint density at radius 3 is 2.80 bits per heavy atom. The summed E-state index contributed by atoms with van der Waals surface area (Å²) in [6.45, 7) is 3.62. The number of sulfonamides is 1. The number of benzene rings is 1. The molecule has 1 aliphatic rings. The number of nitrogens with one attached hydrogen (secondary N) is 1. The minimum absolute atomic E-state index is 0.00546. The smallest absolute Gasteiger partial charge is 0.244 e. The van der Waals surface area contributed by atoms with Crippen LogP contribution in [-0.4, -0.2) is 38.9 Å². The lowest BCUT2D eigenvalue weighted by atomic mass is 10.1. The van der Waals surface area contributed by atoms with Gasteiger partial charge in [0.2, 0.25) is 10.0 Å². The normalized spacial score (nSPS) is 19.7. The molecule has 1 aliphatic heterocycles. The number of halogens is 1. The van der Waals surface area contributed by atoms with Gasteiger partial charge in [0.25, 0.3) is 0 Å². The van der Waals surface area contributed by atoms with Crippen molar-refractivity contribution in [3.05, 3.63) is 28.8 Å². The molecule has 1 fully saturated rings. The lowest BCUT2D eigenvalue weighted by molar-refractivity contribution is 0.388. The molecule has 0 aromatic heterocycles. The fraction of sp³-hybridized carbons (Fsp3) is 0.571. The van der Waals surface area contributed by atoms with E-state index in [0.29, 0.717) is 11.6 Å². The number of rotatable bonds is 5. The predicted molar refractivity (Wildman–Crippen MR) is 81.7 cm³/mol. The Morgan fingerprint density at radius 2 is 2.20 bits per heavy atom. The van der Waals surface area contributed by atoms with E-state index in [9.17, 15) is 8.42 Å². The van der Waals surface area contributed by atoms with Crippen molar-refractivity contribution < 1.29 is 8.42 Å². The van der Waals surface area contributed by atoms with Gasteiger partial charge < -0.3 is 5.32 Å². The van der Waals surface area contributed by atoms with Gasteiger partial charge in [-0.05, 0) is 37.1 Å². The summed E-state index contributed by atoms with van der Waals surface area (Å²) in [5.74, 6) is 0. The fourth-order valence-electron chi connectivity index (χ4n) is 2.49. The first-order valence-electron chi connectivity index (χ1n) is 6.94. The maximum absolute atomic E-state index is 12.7. The van der Waals surface area contributed by atoms with Gasteiger partial charge in [0, 0.05) is 19.6 Å². The van der Waals surface area contributed by atoms with Crippen LogP contribution < -0.4 is 5.32 Å². The molecule has 0 amide bonds. The maximum atomic E-state index is 12.7. The van der Waals surface area contributed by atoms with Gasteiger partial charge in [0.15, 0.2) is 0 Å². The number of aryl methyl sites for hydroxylation is 1. The Morgan fingerprint density at radius 1 is 1.45 bits per heavy atom. The van der Waals surface area contributed by atoms with Crippen molar-refractivity contribution in [3.63, 3.8) is 0 Å². The molecule has 1 aromatic rings. The highest BCUT2D eigenvalue weighted by atomic mass is 35.5. The molecule has 1 N–H and O–H groups in total. The van der Waals surface area contributed by atoms with Gasteiger partial charge in [-0.2, -0.15) is 4.31 Å². The fourth-order valence-corrected chi connectivity index (χ4v) is 4.40.